The van der Waals surface area contributed by atoms with Gasteiger partial charge in [-0.2, -0.15) is 0 Å². The lowest BCUT2D eigenvalue weighted by atomic mass is 9.87. The van der Waals surface area contributed by atoms with Crippen LogP contribution in [0.1, 0.15) is 53.2 Å². The van der Waals surface area contributed by atoms with Crippen LogP contribution in [0.5, 0.6) is 0 Å². The average molecular weight is 398 g/mol. The maximum Gasteiger partial charge on any atom is 0.269 e. The minimum atomic E-state index is -3.81. The van der Waals surface area contributed by atoms with Gasteiger partial charge in [0.15, 0.2) is 0 Å². The van der Waals surface area contributed by atoms with Gasteiger partial charge in [-0.15, -0.1) is 0 Å². The second kappa shape index (κ2) is 7.39. The normalized spacial score (nSPS) is 19.8. The number of nitrogens with zero attached hydrogens (tertiary/aromatic N) is 1. The van der Waals surface area contributed by atoms with E-state index in [4.69, 9.17) is 0 Å². The van der Waals surface area contributed by atoms with Gasteiger partial charge in [0, 0.05) is 13.0 Å². The number of nitrogens with one attached hydrogen (secondary N) is 1. The molecule has 1 aliphatic heterocycles. The zero-order valence-corrected chi connectivity index (χ0v) is 16.2. The fourth-order valence-electron chi connectivity index (χ4n) is 4.01. The zero-order chi connectivity index (χ0) is 19.7. The van der Waals surface area contributed by atoms with Gasteiger partial charge in [0.1, 0.15) is 4.90 Å². The molecule has 0 saturated heterocycles. The van der Waals surface area contributed by atoms with Gasteiger partial charge in [-0.1, -0.05) is 36.4 Å². The molecule has 2 amide bonds. The molecule has 0 bridgehead atoms. The Kier molecular flexibility index (Phi) is 4.93. The number of carbonyl (C=O) groups excluding carboxylic acids is 2. The fourth-order valence-corrected chi connectivity index (χ4v) is 5.61. The molecule has 0 saturated carbocycles. The summed E-state index contributed by atoms with van der Waals surface area (Å²) in [6.45, 7) is 0.00448. The van der Waals surface area contributed by atoms with E-state index in [1.54, 1.807) is 12.1 Å². The Bertz CT molecular complexity index is 1030. The number of amides is 2. The lowest BCUT2D eigenvalue weighted by Crippen LogP contribution is -2.33. The maximum absolute atomic E-state index is 12.5. The van der Waals surface area contributed by atoms with E-state index in [0.29, 0.717) is 6.42 Å². The topological polar surface area (TPSA) is 83.6 Å². The van der Waals surface area contributed by atoms with Crippen molar-refractivity contribution in [1.29, 1.82) is 0 Å². The van der Waals surface area contributed by atoms with Crippen molar-refractivity contribution in [2.75, 3.05) is 6.54 Å². The number of aryl methyl sites for hydroxylation is 1. The highest BCUT2D eigenvalue weighted by atomic mass is 32.2. The quantitative estimate of drug-likeness (QED) is 0.839. The Morgan fingerprint density at radius 2 is 1.86 bits per heavy atom. The predicted octanol–water partition coefficient (Wildman–Crippen LogP) is 2.81. The second-order valence-electron chi connectivity index (χ2n) is 7.19. The third kappa shape index (κ3) is 3.30. The summed E-state index contributed by atoms with van der Waals surface area (Å²) in [5.74, 6) is -0.638. The summed E-state index contributed by atoms with van der Waals surface area (Å²) in [7, 11) is -3.81. The molecule has 0 fully saturated rings. The highest BCUT2D eigenvalue weighted by Gasteiger charge is 2.40. The van der Waals surface area contributed by atoms with Crippen LogP contribution in [-0.2, 0) is 21.2 Å². The third-order valence-corrected chi connectivity index (χ3v) is 7.22. The van der Waals surface area contributed by atoms with Gasteiger partial charge in [0.2, 0.25) is 5.91 Å². The molecule has 1 N–H and O–H groups in total. The highest BCUT2D eigenvalue weighted by Crippen LogP contribution is 2.31. The van der Waals surface area contributed by atoms with Gasteiger partial charge in [-0.25, -0.2) is 12.7 Å². The molecular formula is C21H22N2O4S. The molecule has 0 unspecified atom stereocenters. The van der Waals surface area contributed by atoms with E-state index in [-0.39, 0.29) is 35.4 Å². The molecule has 0 aromatic heterocycles. The first kappa shape index (κ1) is 18.7. The van der Waals surface area contributed by atoms with Crippen molar-refractivity contribution in [3.05, 3.63) is 65.2 Å². The Labute approximate surface area is 164 Å². The van der Waals surface area contributed by atoms with Crippen molar-refractivity contribution in [2.24, 2.45) is 0 Å². The third-order valence-electron chi connectivity index (χ3n) is 5.38. The Balaban J connectivity index is 1.35. The summed E-state index contributed by atoms with van der Waals surface area (Å²) in [5, 5.41) is 3.06. The van der Waals surface area contributed by atoms with E-state index >= 15 is 0 Å². The zero-order valence-electron chi connectivity index (χ0n) is 15.4. The van der Waals surface area contributed by atoms with Crippen molar-refractivity contribution in [2.45, 2.75) is 43.0 Å². The second-order valence-corrected chi connectivity index (χ2v) is 9.02. The molecule has 4 rings (SSSR count). The van der Waals surface area contributed by atoms with Crippen molar-refractivity contribution >= 4 is 21.8 Å². The van der Waals surface area contributed by atoms with Crippen molar-refractivity contribution in [3.63, 3.8) is 0 Å². The molecule has 28 heavy (non-hydrogen) atoms. The first-order valence-electron chi connectivity index (χ1n) is 9.52. The highest BCUT2D eigenvalue weighted by molar-refractivity contribution is 7.90. The van der Waals surface area contributed by atoms with Crippen molar-refractivity contribution < 1.29 is 18.0 Å². The number of hydrogen-bond donors (Lipinski definition) is 1. The van der Waals surface area contributed by atoms with Gasteiger partial charge < -0.3 is 5.32 Å². The van der Waals surface area contributed by atoms with Crippen molar-refractivity contribution in [3.8, 4) is 0 Å². The minimum absolute atomic E-state index is 0.00106. The summed E-state index contributed by atoms with van der Waals surface area (Å²) >= 11 is 0. The van der Waals surface area contributed by atoms with Gasteiger partial charge >= 0.3 is 0 Å². The SMILES string of the molecule is O=C(CCCN1C(=O)c2ccccc2S1(=O)=O)N[C@@H]1CCCc2ccccc21. The van der Waals surface area contributed by atoms with Crippen LogP contribution in [0.2, 0.25) is 0 Å². The van der Waals surface area contributed by atoms with Crippen LogP contribution in [0.15, 0.2) is 53.4 Å². The van der Waals surface area contributed by atoms with Crippen molar-refractivity contribution in [1.82, 2.24) is 9.62 Å². The first-order chi connectivity index (χ1) is 13.5. The van der Waals surface area contributed by atoms with Crippen LogP contribution in [-0.4, -0.2) is 31.1 Å². The van der Waals surface area contributed by atoms with Crippen LogP contribution < -0.4 is 5.32 Å². The molecule has 2 aromatic rings. The fraction of sp³-hybridized carbons (Fsp3) is 0.333. The smallest absolute Gasteiger partial charge is 0.269 e. The molecule has 6 nitrogen and oxygen atoms in total. The lowest BCUT2D eigenvalue weighted by Gasteiger charge is -2.26. The predicted molar refractivity (Wildman–Crippen MR) is 104 cm³/mol. The average Bonchev–Trinajstić information content (AvgIpc) is 2.89. The summed E-state index contributed by atoms with van der Waals surface area (Å²) in [4.78, 5) is 24.8. The Morgan fingerprint density at radius 3 is 2.68 bits per heavy atom. The standard InChI is InChI=1S/C21H22N2O4S/c24-20(22-18-11-5-8-15-7-1-2-9-16(15)18)13-6-14-23-21(25)17-10-3-4-12-19(17)28(23,26)27/h1-4,7,9-10,12,18H,5-6,8,11,13-14H2,(H,22,24)/t18-/m1/s1. The van der Waals surface area contributed by atoms with Crippen LogP contribution >= 0.6 is 0 Å². The molecule has 0 radical (unpaired) electrons. The molecule has 146 valence electrons. The van der Waals surface area contributed by atoms with Gasteiger partial charge in [0.25, 0.3) is 15.9 Å². The summed E-state index contributed by atoms with van der Waals surface area (Å²) in [6, 6.07) is 14.3. The van der Waals surface area contributed by atoms with Crippen LogP contribution in [0.25, 0.3) is 0 Å². The van der Waals surface area contributed by atoms with E-state index < -0.39 is 15.9 Å². The van der Waals surface area contributed by atoms with Crippen LogP contribution in [0.3, 0.4) is 0 Å². The number of hydrogen-bond acceptors (Lipinski definition) is 4. The summed E-state index contributed by atoms with van der Waals surface area (Å²) < 4.78 is 25.9. The number of benzene rings is 2. The Morgan fingerprint density at radius 1 is 1.11 bits per heavy atom. The van der Waals surface area contributed by atoms with Gasteiger partial charge in [-0.3, -0.25) is 9.59 Å². The van der Waals surface area contributed by atoms with Crippen LogP contribution in [0, 0.1) is 0 Å². The van der Waals surface area contributed by atoms with Crippen LogP contribution in [0.4, 0.5) is 0 Å². The molecule has 2 aliphatic rings. The van der Waals surface area contributed by atoms with E-state index in [2.05, 4.69) is 11.4 Å². The molecule has 1 atom stereocenters. The lowest BCUT2D eigenvalue weighted by molar-refractivity contribution is -0.122. The number of sulfonamides is 1. The first-order valence-corrected chi connectivity index (χ1v) is 11.0. The molecule has 0 spiro atoms. The largest absolute Gasteiger partial charge is 0.349 e. The molecule has 2 aromatic carbocycles. The number of fused-ring (bicyclic) bond motifs is 2. The Hall–Kier alpha value is -2.67. The van der Waals surface area contributed by atoms with E-state index in [1.165, 1.54) is 17.7 Å². The van der Waals surface area contributed by atoms with E-state index in [9.17, 15) is 18.0 Å². The molecule has 1 aliphatic carbocycles. The van der Waals surface area contributed by atoms with Gasteiger partial charge in [-0.05, 0) is 48.9 Å². The van der Waals surface area contributed by atoms with E-state index in [1.807, 2.05) is 18.2 Å². The number of rotatable bonds is 5. The maximum atomic E-state index is 12.5. The summed E-state index contributed by atoms with van der Waals surface area (Å²) in [5.41, 5.74) is 2.63. The molecule has 1 heterocycles. The molecule has 7 heteroatoms. The van der Waals surface area contributed by atoms with E-state index in [0.717, 1.165) is 29.1 Å². The monoisotopic (exact) mass is 398 g/mol. The summed E-state index contributed by atoms with van der Waals surface area (Å²) in [6.07, 6.45) is 3.42. The number of carbonyl (C=O) groups is 2. The van der Waals surface area contributed by atoms with Gasteiger partial charge in [0.05, 0.1) is 11.6 Å². The molecular weight excluding hydrogens is 376 g/mol. The minimum Gasteiger partial charge on any atom is -0.349 e.